The minimum absolute atomic E-state index is 0.224. The van der Waals surface area contributed by atoms with Crippen LogP contribution < -0.4 is 10.5 Å². The van der Waals surface area contributed by atoms with Crippen LogP contribution in [0.3, 0.4) is 0 Å². The van der Waals surface area contributed by atoms with Crippen LogP contribution >= 0.6 is 15.9 Å². The Morgan fingerprint density at radius 2 is 2.13 bits per heavy atom. The fourth-order valence-corrected chi connectivity index (χ4v) is 1.66. The zero-order valence-electron chi connectivity index (χ0n) is 8.05. The van der Waals surface area contributed by atoms with E-state index in [9.17, 15) is 8.78 Å². The number of ether oxygens (including phenoxy) is 1. The minimum atomic E-state index is -2.79. The van der Waals surface area contributed by atoms with Crippen LogP contribution in [0.25, 0.3) is 0 Å². The monoisotopic (exact) mass is 279 g/mol. The summed E-state index contributed by atoms with van der Waals surface area (Å²) >= 11 is 3.28. The van der Waals surface area contributed by atoms with Crippen molar-refractivity contribution in [2.45, 2.75) is 19.5 Å². The van der Waals surface area contributed by atoms with Gasteiger partial charge in [0.25, 0.3) is 0 Å². The van der Waals surface area contributed by atoms with Gasteiger partial charge in [0.1, 0.15) is 5.75 Å². The fourth-order valence-electron chi connectivity index (χ4n) is 1.25. The molecule has 1 rings (SSSR count). The summed E-state index contributed by atoms with van der Waals surface area (Å²) < 4.78 is 29.4. The van der Waals surface area contributed by atoms with Gasteiger partial charge in [0.2, 0.25) is 0 Å². The minimum Gasteiger partial charge on any atom is -0.435 e. The van der Waals surface area contributed by atoms with E-state index in [1.165, 1.54) is 6.07 Å². The van der Waals surface area contributed by atoms with Crippen molar-refractivity contribution in [3.8, 4) is 5.75 Å². The van der Waals surface area contributed by atoms with Gasteiger partial charge >= 0.3 is 6.61 Å². The summed E-state index contributed by atoms with van der Waals surface area (Å²) in [7, 11) is 0. The molecular formula is C10H12BrF2NO. The SMILES string of the molecule is NCCCc1cc(Br)ccc1OC(F)F. The van der Waals surface area contributed by atoms with Crippen LogP contribution in [0, 0.1) is 0 Å². The lowest BCUT2D eigenvalue weighted by Gasteiger charge is -2.10. The average Bonchev–Trinajstić information content (AvgIpc) is 2.18. The van der Waals surface area contributed by atoms with Gasteiger partial charge in [-0.15, -0.1) is 0 Å². The molecule has 1 aromatic carbocycles. The molecule has 0 aliphatic heterocycles. The van der Waals surface area contributed by atoms with E-state index in [2.05, 4.69) is 20.7 Å². The molecule has 0 saturated carbocycles. The van der Waals surface area contributed by atoms with Crippen molar-refractivity contribution in [1.82, 2.24) is 0 Å². The molecule has 0 unspecified atom stereocenters. The Morgan fingerprint density at radius 1 is 1.40 bits per heavy atom. The summed E-state index contributed by atoms with van der Waals surface area (Å²) in [4.78, 5) is 0. The maximum Gasteiger partial charge on any atom is 0.387 e. The molecule has 0 amide bonds. The number of nitrogens with two attached hydrogens (primary N) is 1. The molecule has 0 bridgehead atoms. The highest BCUT2D eigenvalue weighted by atomic mass is 79.9. The first-order valence-electron chi connectivity index (χ1n) is 4.57. The molecule has 1 aromatic rings. The Hall–Kier alpha value is -0.680. The molecule has 2 N–H and O–H groups in total. The van der Waals surface area contributed by atoms with Crippen molar-refractivity contribution in [2.24, 2.45) is 5.73 Å². The molecule has 84 valence electrons. The van der Waals surface area contributed by atoms with Crippen LogP contribution in [0.2, 0.25) is 0 Å². The average molecular weight is 280 g/mol. The highest BCUT2D eigenvalue weighted by Gasteiger charge is 2.09. The summed E-state index contributed by atoms with van der Waals surface area (Å²) in [6, 6.07) is 4.97. The molecular weight excluding hydrogens is 268 g/mol. The highest BCUT2D eigenvalue weighted by Crippen LogP contribution is 2.25. The second-order valence-corrected chi connectivity index (χ2v) is 3.94. The summed E-state index contributed by atoms with van der Waals surface area (Å²) in [5.74, 6) is 0.224. The molecule has 0 aliphatic rings. The molecule has 0 atom stereocenters. The molecule has 0 aliphatic carbocycles. The lowest BCUT2D eigenvalue weighted by atomic mass is 10.1. The lowest BCUT2D eigenvalue weighted by Crippen LogP contribution is -2.06. The van der Waals surface area contributed by atoms with Gasteiger partial charge in [-0.2, -0.15) is 8.78 Å². The first kappa shape index (κ1) is 12.4. The van der Waals surface area contributed by atoms with Crippen molar-refractivity contribution in [2.75, 3.05) is 6.54 Å². The third kappa shape index (κ3) is 4.13. The maximum atomic E-state index is 12.1. The Labute approximate surface area is 95.5 Å². The van der Waals surface area contributed by atoms with E-state index in [0.29, 0.717) is 13.0 Å². The molecule has 0 aromatic heterocycles. The van der Waals surface area contributed by atoms with Gasteiger partial charge < -0.3 is 10.5 Å². The van der Waals surface area contributed by atoms with E-state index in [0.717, 1.165) is 16.5 Å². The van der Waals surface area contributed by atoms with E-state index >= 15 is 0 Å². The third-order valence-electron chi connectivity index (χ3n) is 1.89. The van der Waals surface area contributed by atoms with Gasteiger partial charge in [0.15, 0.2) is 0 Å². The van der Waals surface area contributed by atoms with Crippen molar-refractivity contribution < 1.29 is 13.5 Å². The largest absolute Gasteiger partial charge is 0.435 e. The summed E-state index contributed by atoms with van der Waals surface area (Å²) in [5.41, 5.74) is 6.11. The number of alkyl halides is 2. The van der Waals surface area contributed by atoms with Crippen molar-refractivity contribution in [1.29, 1.82) is 0 Å². The molecule has 15 heavy (non-hydrogen) atoms. The zero-order valence-corrected chi connectivity index (χ0v) is 9.64. The topological polar surface area (TPSA) is 35.2 Å². The van der Waals surface area contributed by atoms with Crippen LogP contribution in [-0.2, 0) is 6.42 Å². The number of hydrogen-bond donors (Lipinski definition) is 1. The Morgan fingerprint density at radius 3 is 2.73 bits per heavy atom. The van der Waals surface area contributed by atoms with E-state index in [4.69, 9.17) is 5.73 Å². The van der Waals surface area contributed by atoms with Gasteiger partial charge in [0, 0.05) is 4.47 Å². The van der Waals surface area contributed by atoms with Crippen LogP contribution in [-0.4, -0.2) is 13.2 Å². The van der Waals surface area contributed by atoms with Gasteiger partial charge in [0.05, 0.1) is 0 Å². The van der Waals surface area contributed by atoms with Crippen LogP contribution in [0.1, 0.15) is 12.0 Å². The van der Waals surface area contributed by atoms with Gasteiger partial charge in [-0.1, -0.05) is 15.9 Å². The second kappa shape index (κ2) is 6.02. The van der Waals surface area contributed by atoms with Crippen LogP contribution in [0.4, 0.5) is 8.78 Å². The molecule has 0 fully saturated rings. The molecule has 5 heteroatoms. The van der Waals surface area contributed by atoms with Crippen molar-refractivity contribution >= 4 is 15.9 Å². The maximum absolute atomic E-state index is 12.1. The summed E-state index contributed by atoms with van der Waals surface area (Å²) in [5, 5.41) is 0. The molecule has 2 nitrogen and oxygen atoms in total. The van der Waals surface area contributed by atoms with Gasteiger partial charge in [-0.05, 0) is 43.1 Å². The molecule has 0 saturated heterocycles. The smallest absolute Gasteiger partial charge is 0.387 e. The number of rotatable bonds is 5. The second-order valence-electron chi connectivity index (χ2n) is 3.02. The third-order valence-corrected chi connectivity index (χ3v) is 2.38. The van der Waals surface area contributed by atoms with Crippen molar-refractivity contribution in [3.05, 3.63) is 28.2 Å². The first-order chi connectivity index (χ1) is 7.13. The van der Waals surface area contributed by atoms with E-state index < -0.39 is 6.61 Å². The first-order valence-corrected chi connectivity index (χ1v) is 5.36. The molecule has 0 spiro atoms. The Balaban J connectivity index is 2.82. The molecule has 0 radical (unpaired) electrons. The number of aryl methyl sites for hydroxylation is 1. The quantitative estimate of drug-likeness (QED) is 0.900. The normalized spacial score (nSPS) is 10.7. The zero-order chi connectivity index (χ0) is 11.3. The Bertz CT molecular complexity index is 320. The van der Waals surface area contributed by atoms with Gasteiger partial charge in [-0.3, -0.25) is 0 Å². The van der Waals surface area contributed by atoms with Crippen molar-refractivity contribution in [3.63, 3.8) is 0 Å². The number of benzene rings is 1. The van der Waals surface area contributed by atoms with E-state index in [-0.39, 0.29) is 5.75 Å². The predicted molar refractivity (Wildman–Crippen MR) is 58.1 cm³/mol. The number of hydrogen-bond acceptors (Lipinski definition) is 2. The van der Waals surface area contributed by atoms with E-state index in [1.807, 2.05) is 0 Å². The lowest BCUT2D eigenvalue weighted by molar-refractivity contribution is -0.0504. The number of halogens is 3. The summed E-state index contributed by atoms with van der Waals surface area (Å²) in [6.45, 7) is -2.26. The molecule has 0 heterocycles. The Kier molecular flexibility index (Phi) is 4.98. The van der Waals surface area contributed by atoms with Crippen LogP contribution in [0.15, 0.2) is 22.7 Å². The predicted octanol–water partition coefficient (Wildman–Crippen LogP) is 2.94. The highest BCUT2D eigenvalue weighted by molar-refractivity contribution is 9.10. The van der Waals surface area contributed by atoms with E-state index in [1.54, 1.807) is 12.1 Å². The van der Waals surface area contributed by atoms with Crippen LogP contribution in [0.5, 0.6) is 5.75 Å². The summed E-state index contributed by atoms with van der Waals surface area (Å²) in [6.07, 6.45) is 1.38. The standard InChI is InChI=1S/C10H12BrF2NO/c11-8-3-4-9(15-10(12)13)7(6-8)2-1-5-14/h3-4,6,10H,1-2,5,14H2. The fraction of sp³-hybridized carbons (Fsp3) is 0.400. The van der Waals surface area contributed by atoms with Gasteiger partial charge in [-0.25, -0.2) is 0 Å².